The molecule has 2 aromatic rings. The first kappa shape index (κ1) is 18.8. The minimum atomic E-state index is -0.213. The zero-order valence-electron chi connectivity index (χ0n) is 15.8. The lowest BCUT2D eigenvalue weighted by Crippen LogP contribution is -2.62. The third-order valence-electron chi connectivity index (χ3n) is 5.49. The number of nitrogens with one attached hydrogen (secondary N) is 2. The van der Waals surface area contributed by atoms with Crippen LogP contribution in [0.15, 0.2) is 24.3 Å². The maximum Gasteiger partial charge on any atom is 0.301 e. The van der Waals surface area contributed by atoms with Crippen molar-refractivity contribution in [1.29, 1.82) is 0 Å². The van der Waals surface area contributed by atoms with Gasteiger partial charge in [0.15, 0.2) is 0 Å². The first-order chi connectivity index (χ1) is 13.5. The van der Waals surface area contributed by atoms with Gasteiger partial charge < -0.3 is 15.4 Å². The van der Waals surface area contributed by atoms with Gasteiger partial charge in [-0.2, -0.15) is 0 Å². The number of anilines is 1. The Morgan fingerprint density at radius 1 is 1.18 bits per heavy atom. The fourth-order valence-corrected chi connectivity index (χ4v) is 4.67. The smallest absolute Gasteiger partial charge is 0.301 e. The van der Waals surface area contributed by atoms with E-state index in [2.05, 4.69) is 32.7 Å². The Bertz CT molecular complexity index is 859. The van der Waals surface area contributed by atoms with E-state index in [1.165, 1.54) is 6.92 Å². The first-order valence-electron chi connectivity index (χ1n) is 9.43. The molecule has 3 saturated heterocycles. The number of amides is 2. The highest BCUT2D eigenvalue weighted by molar-refractivity contribution is 7.17. The SMILES string of the molecule is CC(=O)Nc1nnc(Oc2ccc(C(=O)NC3C4CCN(CC4)C3C)cc2)s1. The van der Waals surface area contributed by atoms with E-state index >= 15 is 0 Å². The van der Waals surface area contributed by atoms with Crippen LogP contribution >= 0.6 is 11.3 Å². The predicted octanol–water partition coefficient (Wildman–Crippen LogP) is 2.50. The zero-order chi connectivity index (χ0) is 19.7. The molecule has 5 rings (SSSR count). The second-order valence-electron chi connectivity index (χ2n) is 7.29. The van der Waals surface area contributed by atoms with Gasteiger partial charge in [0.25, 0.3) is 5.91 Å². The van der Waals surface area contributed by atoms with E-state index in [4.69, 9.17) is 4.74 Å². The van der Waals surface area contributed by atoms with Crippen molar-refractivity contribution in [3.63, 3.8) is 0 Å². The molecule has 2 bridgehead atoms. The van der Waals surface area contributed by atoms with Crippen molar-refractivity contribution in [3.8, 4) is 10.9 Å². The van der Waals surface area contributed by atoms with E-state index in [0.717, 1.165) is 37.3 Å². The molecule has 3 aliphatic rings. The van der Waals surface area contributed by atoms with Crippen LogP contribution in [0.2, 0.25) is 0 Å². The summed E-state index contributed by atoms with van der Waals surface area (Å²) in [7, 11) is 0. The van der Waals surface area contributed by atoms with E-state index in [-0.39, 0.29) is 17.9 Å². The quantitative estimate of drug-likeness (QED) is 0.799. The molecule has 3 fully saturated rings. The number of piperidine rings is 3. The molecule has 1 aromatic heterocycles. The Hall–Kier alpha value is -2.52. The number of carbonyl (C=O) groups excluding carboxylic acids is 2. The van der Waals surface area contributed by atoms with E-state index in [0.29, 0.717) is 33.6 Å². The minimum Gasteiger partial charge on any atom is -0.430 e. The zero-order valence-corrected chi connectivity index (χ0v) is 16.7. The summed E-state index contributed by atoms with van der Waals surface area (Å²) in [6.45, 7) is 5.88. The summed E-state index contributed by atoms with van der Waals surface area (Å²) in [6.07, 6.45) is 2.31. The predicted molar refractivity (Wildman–Crippen MR) is 106 cm³/mol. The molecule has 9 heteroatoms. The first-order valence-corrected chi connectivity index (χ1v) is 10.2. The molecule has 1 aromatic carbocycles. The van der Waals surface area contributed by atoms with Crippen LogP contribution in [0.4, 0.5) is 5.13 Å². The molecule has 2 unspecified atom stereocenters. The summed E-state index contributed by atoms with van der Waals surface area (Å²) in [5, 5.41) is 14.2. The second kappa shape index (κ2) is 7.84. The van der Waals surface area contributed by atoms with Crippen molar-refractivity contribution in [2.75, 3.05) is 18.4 Å². The number of hydrogen-bond acceptors (Lipinski definition) is 7. The molecule has 0 spiro atoms. The number of fused-ring (bicyclic) bond motifs is 3. The van der Waals surface area contributed by atoms with Crippen LogP contribution in [-0.4, -0.2) is 52.1 Å². The van der Waals surface area contributed by atoms with Crippen molar-refractivity contribution < 1.29 is 14.3 Å². The van der Waals surface area contributed by atoms with Crippen LogP contribution in [0.5, 0.6) is 10.9 Å². The lowest BCUT2D eigenvalue weighted by molar-refractivity contribution is -0.114. The molecular weight excluding hydrogens is 378 g/mol. The third kappa shape index (κ3) is 4.00. The molecule has 3 aliphatic heterocycles. The molecular formula is C19H23N5O3S. The molecule has 148 valence electrons. The number of carbonyl (C=O) groups is 2. The Labute approximate surface area is 167 Å². The maximum absolute atomic E-state index is 12.7. The standard InChI is InChI=1S/C19H23N5O3S/c1-11-16(13-7-9-24(11)10-8-13)21-17(26)14-3-5-15(6-4-14)27-19-23-22-18(28-19)20-12(2)25/h3-6,11,13,16H,7-10H2,1-2H3,(H,21,26)(H,20,22,25). The van der Waals surface area contributed by atoms with Crippen molar-refractivity contribution in [2.45, 2.75) is 38.8 Å². The van der Waals surface area contributed by atoms with Crippen LogP contribution in [0, 0.1) is 5.92 Å². The van der Waals surface area contributed by atoms with Crippen molar-refractivity contribution >= 4 is 28.3 Å². The minimum absolute atomic E-state index is 0.0546. The monoisotopic (exact) mass is 401 g/mol. The van der Waals surface area contributed by atoms with Gasteiger partial charge in [0.1, 0.15) is 5.75 Å². The lowest BCUT2D eigenvalue weighted by atomic mass is 9.79. The van der Waals surface area contributed by atoms with Crippen LogP contribution in [0.1, 0.15) is 37.0 Å². The van der Waals surface area contributed by atoms with Crippen LogP contribution in [0.25, 0.3) is 0 Å². The van der Waals surface area contributed by atoms with Gasteiger partial charge in [0.2, 0.25) is 11.0 Å². The number of aromatic nitrogens is 2. The Morgan fingerprint density at radius 2 is 1.89 bits per heavy atom. The molecule has 2 atom stereocenters. The van der Waals surface area contributed by atoms with Gasteiger partial charge in [-0.25, -0.2) is 0 Å². The number of nitrogens with zero attached hydrogens (tertiary/aromatic N) is 3. The molecule has 8 nitrogen and oxygen atoms in total. The van der Waals surface area contributed by atoms with Gasteiger partial charge in [-0.05, 0) is 74.4 Å². The summed E-state index contributed by atoms with van der Waals surface area (Å²) in [5.74, 6) is 0.858. The van der Waals surface area contributed by atoms with E-state index in [9.17, 15) is 9.59 Å². The van der Waals surface area contributed by atoms with E-state index in [1.807, 2.05) is 0 Å². The Morgan fingerprint density at radius 3 is 2.54 bits per heavy atom. The highest BCUT2D eigenvalue weighted by Crippen LogP contribution is 2.32. The van der Waals surface area contributed by atoms with Gasteiger partial charge >= 0.3 is 5.19 Å². The summed E-state index contributed by atoms with van der Waals surface area (Å²) in [4.78, 5) is 26.2. The van der Waals surface area contributed by atoms with Crippen molar-refractivity contribution in [2.24, 2.45) is 5.92 Å². The van der Waals surface area contributed by atoms with Gasteiger partial charge in [-0.3, -0.25) is 14.5 Å². The number of hydrogen-bond donors (Lipinski definition) is 2. The summed E-state index contributed by atoms with van der Waals surface area (Å²) in [6, 6.07) is 7.54. The lowest BCUT2D eigenvalue weighted by Gasteiger charge is -2.49. The highest BCUT2D eigenvalue weighted by atomic mass is 32.1. The van der Waals surface area contributed by atoms with Crippen molar-refractivity contribution in [1.82, 2.24) is 20.4 Å². The largest absolute Gasteiger partial charge is 0.430 e. The molecule has 4 heterocycles. The average Bonchev–Trinajstić information content (AvgIpc) is 3.11. The van der Waals surface area contributed by atoms with Crippen LogP contribution < -0.4 is 15.4 Å². The van der Waals surface area contributed by atoms with Gasteiger partial charge in [0.05, 0.1) is 0 Å². The second-order valence-corrected chi connectivity index (χ2v) is 8.23. The van der Waals surface area contributed by atoms with E-state index < -0.39 is 0 Å². The van der Waals surface area contributed by atoms with Crippen molar-refractivity contribution in [3.05, 3.63) is 29.8 Å². The topological polar surface area (TPSA) is 96.5 Å². The van der Waals surface area contributed by atoms with Gasteiger partial charge in [0, 0.05) is 24.6 Å². The van der Waals surface area contributed by atoms with E-state index in [1.54, 1.807) is 24.3 Å². The van der Waals surface area contributed by atoms with Crippen LogP contribution in [0.3, 0.4) is 0 Å². The summed E-state index contributed by atoms with van der Waals surface area (Å²) < 4.78 is 5.64. The highest BCUT2D eigenvalue weighted by Gasteiger charge is 2.40. The Kier molecular flexibility index (Phi) is 5.27. The number of benzene rings is 1. The number of rotatable bonds is 5. The molecule has 0 radical (unpaired) electrons. The van der Waals surface area contributed by atoms with Gasteiger partial charge in [-0.15, -0.1) is 5.10 Å². The fraction of sp³-hybridized carbons (Fsp3) is 0.474. The summed E-state index contributed by atoms with van der Waals surface area (Å²) in [5.41, 5.74) is 0.604. The molecule has 0 saturated carbocycles. The molecule has 2 amide bonds. The maximum atomic E-state index is 12.7. The normalized spacial score (nSPS) is 25.9. The Balaban J connectivity index is 1.37. The fourth-order valence-electron chi connectivity index (χ4n) is 4.01. The molecule has 0 aliphatic carbocycles. The van der Waals surface area contributed by atoms with Gasteiger partial charge in [-0.1, -0.05) is 5.10 Å². The number of ether oxygens (including phenoxy) is 1. The van der Waals surface area contributed by atoms with Crippen LogP contribution in [-0.2, 0) is 4.79 Å². The average molecular weight is 401 g/mol. The molecule has 28 heavy (non-hydrogen) atoms. The summed E-state index contributed by atoms with van der Waals surface area (Å²) >= 11 is 1.14. The molecule has 2 N–H and O–H groups in total. The third-order valence-corrected chi connectivity index (χ3v) is 6.20.